The van der Waals surface area contributed by atoms with Crippen LogP contribution in [0.5, 0.6) is 5.75 Å². The van der Waals surface area contributed by atoms with Gasteiger partial charge in [0.25, 0.3) is 11.8 Å². The molecule has 5 amide bonds. The van der Waals surface area contributed by atoms with E-state index in [1.54, 1.807) is 62.6 Å². The molecule has 1 saturated heterocycles. The van der Waals surface area contributed by atoms with Gasteiger partial charge in [-0.1, -0.05) is 19.1 Å². The van der Waals surface area contributed by atoms with Crippen molar-refractivity contribution in [1.29, 1.82) is 0 Å². The molecule has 2 aromatic carbocycles. The molecule has 1 aliphatic heterocycles. The quantitative estimate of drug-likeness (QED) is 0.587. The standard InChI is InChI=1S/C22H24N4O5/c1-4-22(15-7-11-17(31-3)12-8-15)20(29)26(21(30)25-22)13-18(27)24-16-9-5-14(6-10-16)19(28)23-2/h5-12H,4,13H2,1-3H3,(H,23,28)(H,24,27)(H,25,30). The maximum absolute atomic E-state index is 13.2. The number of ether oxygens (including phenoxy) is 1. The van der Waals surface area contributed by atoms with Crippen LogP contribution in [0.2, 0.25) is 0 Å². The van der Waals surface area contributed by atoms with Gasteiger partial charge in [-0.15, -0.1) is 0 Å². The van der Waals surface area contributed by atoms with Crippen molar-refractivity contribution in [2.45, 2.75) is 18.9 Å². The van der Waals surface area contributed by atoms with Crippen molar-refractivity contribution >= 4 is 29.4 Å². The lowest BCUT2D eigenvalue weighted by atomic mass is 9.87. The molecule has 0 saturated carbocycles. The summed E-state index contributed by atoms with van der Waals surface area (Å²) in [5.41, 5.74) is 0.268. The lowest BCUT2D eigenvalue weighted by Gasteiger charge is -2.26. The van der Waals surface area contributed by atoms with Crippen molar-refractivity contribution in [2.75, 3.05) is 26.0 Å². The maximum Gasteiger partial charge on any atom is 0.325 e. The Morgan fingerprint density at radius 2 is 1.71 bits per heavy atom. The minimum atomic E-state index is -1.24. The van der Waals surface area contributed by atoms with Crippen molar-refractivity contribution in [2.24, 2.45) is 0 Å². The number of carbonyl (C=O) groups is 4. The number of nitrogens with zero attached hydrogens (tertiary/aromatic N) is 1. The number of nitrogens with one attached hydrogen (secondary N) is 3. The highest BCUT2D eigenvalue weighted by molar-refractivity contribution is 6.10. The van der Waals surface area contributed by atoms with Crippen LogP contribution in [0.3, 0.4) is 0 Å². The van der Waals surface area contributed by atoms with Crippen LogP contribution < -0.4 is 20.7 Å². The van der Waals surface area contributed by atoms with Crippen LogP contribution in [0.1, 0.15) is 29.3 Å². The minimum absolute atomic E-state index is 0.244. The van der Waals surface area contributed by atoms with Crippen molar-refractivity contribution in [1.82, 2.24) is 15.5 Å². The summed E-state index contributed by atoms with van der Waals surface area (Å²) in [7, 11) is 3.07. The predicted molar refractivity (Wildman–Crippen MR) is 114 cm³/mol. The molecule has 0 aromatic heterocycles. The molecule has 1 heterocycles. The van der Waals surface area contributed by atoms with Gasteiger partial charge in [-0.2, -0.15) is 0 Å². The Morgan fingerprint density at radius 1 is 1.06 bits per heavy atom. The van der Waals surface area contributed by atoms with E-state index in [4.69, 9.17) is 4.74 Å². The number of rotatable bonds is 7. The Balaban J connectivity index is 1.72. The lowest BCUT2D eigenvalue weighted by Crippen LogP contribution is -2.44. The lowest BCUT2D eigenvalue weighted by molar-refractivity contribution is -0.134. The van der Waals surface area contributed by atoms with E-state index in [0.717, 1.165) is 4.90 Å². The topological polar surface area (TPSA) is 117 Å². The Kier molecular flexibility index (Phi) is 6.24. The van der Waals surface area contributed by atoms with Gasteiger partial charge >= 0.3 is 6.03 Å². The van der Waals surface area contributed by atoms with Crippen molar-refractivity contribution in [3.63, 3.8) is 0 Å². The van der Waals surface area contributed by atoms with Gasteiger partial charge in [0.1, 0.15) is 17.8 Å². The highest BCUT2D eigenvalue weighted by atomic mass is 16.5. The molecule has 0 spiro atoms. The first-order chi connectivity index (χ1) is 14.8. The van der Waals surface area contributed by atoms with Gasteiger partial charge in [-0.05, 0) is 48.4 Å². The Morgan fingerprint density at radius 3 is 2.26 bits per heavy atom. The summed E-state index contributed by atoms with van der Waals surface area (Å²) in [4.78, 5) is 50.7. The van der Waals surface area contributed by atoms with Crippen LogP contribution in [0.4, 0.5) is 10.5 Å². The van der Waals surface area contributed by atoms with E-state index in [-0.39, 0.29) is 5.91 Å². The largest absolute Gasteiger partial charge is 0.497 e. The second-order valence-electron chi connectivity index (χ2n) is 7.01. The molecular weight excluding hydrogens is 400 g/mol. The fraction of sp³-hybridized carbons (Fsp3) is 0.273. The molecule has 3 N–H and O–H groups in total. The molecule has 9 heteroatoms. The molecule has 31 heavy (non-hydrogen) atoms. The number of hydrogen-bond donors (Lipinski definition) is 3. The number of methoxy groups -OCH3 is 1. The van der Waals surface area contributed by atoms with Gasteiger partial charge in [0.15, 0.2) is 0 Å². The number of benzene rings is 2. The molecule has 1 fully saturated rings. The van der Waals surface area contributed by atoms with Crippen LogP contribution in [0.15, 0.2) is 48.5 Å². The fourth-order valence-corrected chi connectivity index (χ4v) is 3.48. The molecule has 1 aliphatic rings. The molecule has 0 radical (unpaired) electrons. The summed E-state index contributed by atoms with van der Waals surface area (Å²) in [6.07, 6.45) is 0.322. The fourth-order valence-electron chi connectivity index (χ4n) is 3.48. The molecule has 162 valence electrons. The number of carbonyl (C=O) groups excluding carboxylic acids is 4. The van der Waals surface area contributed by atoms with Crippen molar-refractivity contribution < 1.29 is 23.9 Å². The number of urea groups is 1. The molecule has 1 unspecified atom stereocenters. The summed E-state index contributed by atoms with van der Waals surface area (Å²) in [5.74, 6) is -0.634. The maximum atomic E-state index is 13.2. The van der Waals surface area contributed by atoms with Crippen LogP contribution in [0.25, 0.3) is 0 Å². The Hall–Kier alpha value is -3.88. The Bertz CT molecular complexity index is 1000. The molecular formula is C22H24N4O5. The number of amides is 5. The normalized spacial score (nSPS) is 17.8. The molecule has 1 atom stereocenters. The zero-order valence-electron chi connectivity index (χ0n) is 17.5. The van der Waals surface area contributed by atoms with Crippen LogP contribution in [-0.2, 0) is 15.1 Å². The summed E-state index contributed by atoms with van der Waals surface area (Å²) in [6, 6.07) is 12.5. The average Bonchev–Trinajstić information content (AvgIpc) is 3.04. The summed E-state index contributed by atoms with van der Waals surface area (Å²) in [5, 5.41) is 7.88. The van der Waals surface area contributed by atoms with Gasteiger partial charge < -0.3 is 20.7 Å². The molecule has 9 nitrogen and oxygen atoms in total. The van der Waals surface area contributed by atoms with Crippen LogP contribution in [-0.4, -0.2) is 49.4 Å². The van der Waals surface area contributed by atoms with Crippen molar-refractivity contribution in [3.05, 3.63) is 59.7 Å². The van der Waals surface area contributed by atoms with E-state index in [1.807, 2.05) is 0 Å². The highest BCUT2D eigenvalue weighted by Crippen LogP contribution is 2.33. The van der Waals surface area contributed by atoms with Gasteiger partial charge in [0.05, 0.1) is 7.11 Å². The molecule has 2 aromatic rings. The van der Waals surface area contributed by atoms with Gasteiger partial charge in [-0.3, -0.25) is 19.3 Å². The molecule has 0 bridgehead atoms. The van der Waals surface area contributed by atoms with E-state index >= 15 is 0 Å². The number of imide groups is 1. The third-order valence-electron chi connectivity index (χ3n) is 5.25. The molecule has 0 aliphatic carbocycles. The van der Waals surface area contributed by atoms with Crippen LogP contribution in [0, 0.1) is 0 Å². The second-order valence-corrected chi connectivity index (χ2v) is 7.01. The SMILES string of the molecule is CCC1(c2ccc(OC)cc2)NC(=O)N(CC(=O)Nc2ccc(C(=O)NC)cc2)C1=O. The summed E-state index contributed by atoms with van der Waals surface area (Å²) in [6.45, 7) is 1.36. The third kappa shape index (κ3) is 4.20. The monoisotopic (exact) mass is 424 g/mol. The van der Waals surface area contributed by atoms with E-state index in [0.29, 0.717) is 29.0 Å². The van der Waals surface area contributed by atoms with Gasteiger partial charge in [0, 0.05) is 18.3 Å². The number of hydrogen-bond acceptors (Lipinski definition) is 5. The van der Waals surface area contributed by atoms with Crippen molar-refractivity contribution in [3.8, 4) is 5.75 Å². The van der Waals surface area contributed by atoms with E-state index in [1.165, 1.54) is 7.05 Å². The first kappa shape index (κ1) is 21.8. The summed E-state index contributed by atoms with van der Waals surface area (Å²) >= 11 is 0. The first-order valence-electron chi connectivity index (χ1n) is 9.75. The molecule has 3 rings (SSSR count). The zero-order chi connectivity index (χ0) is 22.6. The minimum Gasteiger partial charge on any atom is -0.497 e. The van der Waals surface area contributed by atoms with E-state index in [9.17, 15) is 19.2 Å². The highest BCUT2D eigenvalue weighted by Gasteiger charge is 2.51. The van der Waals surface area contributed by atoms with E-state index in [2.05, 4.69) is 16.0 Å². The summed E-state index contributed by atoms with van der Waals surface area (Å²) < 4.78 is 5.15. The first-order valence-corrected chi connectivity index (χ1v) is 9.75. The number of anilines is 1. The third-order valence-corrected chi connectivity index (χ3v) is 5.25. The van der Waals surface area contributed by atoms with Crippen LogP contribution >= 0.6 is 0 Å². The average molecular weight is 424 g/mol. The van der Waals surface area contributed by atoms with E-state index < -0.39 is 29.9 Å². The predicted octanol–water partition coefficient (Wildman–Crippen LogP) is 1.85. The van der Waals surface area contributed by atoms with Gasteiger partial charge in [0.2, 0.25) is 5.91 Å². The zero-order valence-corrected chi connectivity index (χ0v) is 17.5. The Labute approximate surface area is 179 Å². The van der Waals surface area contributed by atoms with Gasteiger partial charge in [-0.25, -0.2) is 4.79 Å². The second kappa shape index (κ2) is 8.86. The smallest absolute Gasteiger partial charge is 0.325 e.